The number of aromatic nitrogens is 2. The molecule has 82 valence electrons. The summed E-state index contributed by atoms with van der Waals surface area (Å²) in [5.74, 6) is 1.58. The number of hydrogen-bond donors (Lipinski definition) is 0. The largest absolute Gasteiger partial charge is 0.438 e. The van der Waals surface area contributed by atoms with Gasteiger partial charge in [0, 0.05) is 11.9 Å². The van der Waals surface area contributed by atoms with Crippen molar-refractivity contribution >= 4 is 23.2 Å². The molecule has 0 aliphatic heterocycles. The first kappa shape index (κ1) is 11.2. The van der Waals surface area contributed by atoms with Crippen LogP contribution in [0.3, 0.4) is 0 Å². The molecular formula is C11H8Cl2N2O. The Morgan fingerprint density at radius 3 is 2.31 bits per heavy atom. The number of halogens is 2. The summed E-state index contributed by atoms with van der Waals surface area (Å²) in [5.41, 5.74) is 1.04. The van der Waals surface area contributed by atoms with Gasteiger partial charge in [0.25, 0.3) is 0 Å². The van der Waals surface area contributed by atoms with Crippen molar-refractivity contribution in [2.24, 2.45) is 0 Å². The summed E-state index contributed by atoms with van der Waals surface area (Å²) in [7, 11) is 0. The van der Waals surface area contributed by atoms with Crippen LogP contribution in [0.2, 0.25) is 5.15 Å². The fourth-order valence-electron chi connectivity index (χ4n) is 1.13. The monoisotopic (exact) mass is 254 g/mol. The van der Waals surface area contributed by atoms with E-state index in [1.54, 1.807) is 12.1 Å². The summed E-state index contributed by atoms with van der Waals surface area (Å²) in [6.07, 6.45) is 0. The van der Waals surface area contributed by atoms with Gasteiger partial charge < -0.3 is 4.74 Å². The Hall–Kier alpha value is -1.32. The predicted molar refractivity (Wildman–Crippen MR) is 63.1 cm³/mol. The van der Waals surface area contributed by atoms with Crippen molar-refractivity contribution in [2.75, 3.05) is 0 Å². The van der Waals surface area contributed by atoms with Crippen LogP contribution in [-0.2, 0) is 5.88 Å². The van der Waals surface area contributed by atoms with Crippen LogP contribution in [0.15, 0.2) is 36.4 Å². The molecule has 0 atom stereocenters. The van der Waals surface area contributed by atoms with E-state index in [0.717, 1.165) is 5.56 Å². The van der Waals surface area contributed by atoms with Crippen LogP contribution >= 0.6 is 23.2 Å². The Balaban J connectivity index is 2.11. The fraction of sp³-hybridized carbons (Fsp3) is 0.0909. The highest BCUT2D eigenvalue weighted by Gasteiger charge is 1.99. The number of nitrogens with zero attached hydrogens (tertiary/aromatic N) is 2. The summed E-state index contributed by atoms with van der Waals surface area (Å²) < 4.78 is 5.46. The van der Waals surface area contributed by atoms with E-state index in [0.29, 0.717) is 22.7 Å². The first-order valence-corrected chi connectivity index (χ1v) is 5.51. The average Bonchev–Trinajstić information content (AvgIpc) is 2.33. The molecule has 0 bridgehead atoms. The van der Waals surface area contributed by atoms with Gasteiger partial charge in [-0.25, -0.2) is 0 Å². The second-order valence-electron chi connectivity index (χ2n) is 3.07. The minimum atomic E-state index is 0.338. The predicted octanol–water partition coefficient (Wildman–Crippen LogP) is 3.66. The molecule has 0 saturated heterocycles. The number of ether oxygens (including phenoxy) is 1. The van der Waals surface area contributed by atoms with Gasteiger partial charge in [-0.2, -0.15) is 0 Å². The molecule has 2 aromatic rings. The van der Waals surface area contributed by atoms with E-state index in [2.05, 4.69) is 10.2 Å². The molecule has 0 spiro atoms. The number of hydrogen-bond acceptors (Lipinski definition) is 3. The number of alkyl halides is 1. The van der Waals surface area contributed by atoms with Crippen molar-refractivity contribution in [3.63, 3.8) is 0 Å². The minimum absolute atomic E-state index is 0.338. The molecule has 0 amide bonds. The molecule has 16 heavy (non-hydrogen) atoms. The van der Waals surface area contributed by atoms with Crippen LogP contribution in [0.4, 0.5) is 0 Å². The van der Waals surface area contributed by atoms with E-state index in [-0.39, 0.29) is 0 Å². The van der Waals surface area contributed by atoms with Gasteiger partial charge in [-0.1, -0.05) is 23.7 Å². The zero-order chi connectivity index (χ0) is 11.4. The fourth-order valence-corrected chi connectivity index (χ4v) is 1.40. The standard InChI is InChI=1S/C11H8Cl2N2O/c12-7-8-1-3-9(4-2-8)16-11-6-5-10(13)14-15-11/h1-6H,7H2. The molecule has 0 fully saturated rings. The van der Waals surface area contributed by atoms with Crippen LogP contribution in [0, 0.1) is 0 Å². The van der Waals surface area contributed by atoms with E-state index in [4.69, 9.17) is 27.9 Å². The highest BCUT2D eigenvalue weighted by Crippen LogP contribution is 2.20. The SMILES string of the molecule is ClCc1ccc(Oc2ccc(Cl)nn2)cc1. The van der Waals surface area contributed by atoms with E-state index >= 15 is 0 Å². The van der Waals surface area contributed by atoms with Gasteiger partial charge >= 0.3 is 0 Å². The van der Waals surface area contributed by atoms with Crippen molar-refractivity contribution in [1.29, 1.82) is 0 Å². The highest BCUT2D eigenvalue weighted by atomic mass is 35.5. The van der Waals surface area contributed by atoms with Gasteiger partial charge in [0.05, 0.1) is 0 Å². The molecule has 1 aromatic heterocycles. The molecule has 5 heteroatoms. The molecule has 0 saturated carbocycles. The molecule has 0 N–H and O–H groups in total. The maximum atomic E-state index is 5.68. The summed E-state index contributed by atoms with van der Waals surface area (Å²) in [5, 5.41) is 7.80. The maximum Gasteiger partial charge on any atom is 0.238 e. The van der Waals surface area contributed by atoms with Gasteiger partial charge in [-0.05, 0) is 23.8 Å². The molecule has 0 aliphatic carbocycles. The Bertz CT molecular complexity index is 456. The van der Waals surface area contributed by atoms with E-state index in [1.165, 1.54) is 0 Å². The lowest BCUT2D eigenvalue weighted by molar-refractivity contribution is 0.455. The zero-order valence-corrected chi connectivity index (χ0v) is 9.74. The summed E-state index contributed by atoms with van der Waals surface area (Å²) >= 11 is 11.3. The van der Waals surface area contributed by atoms with Crippen molar-refractivity contribution in [3.8, 4) is 11.6 Å². The third kappa shape index (κ3) is 2.84. The minimum Gasteiger partial charge on any atom is -0.438 e. The van der Waals surface area contributed by atoms with Crippen LogP contribution in [0.25, 0.3) is 0 Å². The lowest BCUT2D eigenvalue weighted by Gasteiger charge is -2.04. The Labute approximate surface area is 103 Å². The molecule has 0 unspecified atom stereocenters. The normalized spacial score (nSPS) is 10.1. The first-order chi connectivity index (χ1) is 7.78. The summed E-state index contributed by atoms with van der Waals surface area (Å²) in [4.78, 5) is 0. The van der Waals surface area contributed by atoms with Crippen molar-refractivity contribution in [1.82, 2.24) is 10.2 Å². The maximum absolute atomic E-state index is 5.68. The lowest BCUT2D eigenvalue weighted by Crippen LogP contribution is -1.90. The molecular weight excluding hydrogens is 247 g/mol. The summed E-state index contributed by atoms with van der Waals surface area (Å²) in [6, 6.07) is 10.7. The smallest absolute Gasteiger partial charge is 0.238 e. The average molecular weight is 255 g/mol. The zero-order valence-electron chi connectivity index (χ0n) is 8.23. The molecule has 2 rings (SSSR count). The quantitative estimate of drug-likeness (QED) is 0.785. The second kappa shape index (κ2) is 5.14. The number of rotatable bonds is 3. The first-order valence-electron chi connectivity index (χ1n) is 4.60. The van der Waals surface area contributed by atoms with Gasteiger partial charge in [-0.15, -0.1) is 21.8 Å². The number of benzene rings is 1. The Morgan fingerprint density at radius 1 is 1.00 bits per heavy atom. The topological polar surface area (TPSA) is 35.0 Å². The second-order valence-corrected chi connectivity index (χ2v) is 3.73. The van der Waals surface area contributed by atoms with Gasteiger partial charge in [-0.3, -0.25) is 0 Å². The van der Waals surface area contributed by atoms with E-state index in [1.807, 2.05) is 24.3 Å². The van der Waals surface area contributed by atoms with Gasteiger partial charge in [0.1, 0.15) is 5.75 Å². The van der Waals surface area contributed by atoms with Crippen LogP contribution < -0.4 is 4.74 Å². The molecule has 0 radical (unpaired) electrons. The van der Waals surface area contributed by atoms with Crippen molar-refractivity contribution in [2.45, 2.75) is 5.88 Å². The van der Waals surface area contributed by atoms with Crippen molar-refractivity contribution in [3.05, 3.63) is 47.1 Å². The molecule has 0 aliphatic rings. The van der Waals surface area contributed by atoms with Gasteiger partial charge in [0.15, 0.2) is 5.15 Å². The molecule has 1 heterocycles. The van der Waals surface area contributed by atoms with E-state index < -0.39 is 0 Å². The third-order valence-corrected chi connectivity index (χ3v) is 2.42. The van der Waals surface area contributed by atoms with Gasteiger partial charge in [0.2, 0.25) is 5.88 Å². The van der Waals surface area contributed by atoms with Crippen LogP contribution in [0.1, 0.15) is 5.56 Å². The van der Waals surface area contributed by atoms with Crippen LogP contribution in [0.5, 0.6) is 11.6 Å². The molecule has 3 nitrogen and oxygen atoms in total. The van der Waals surface area contributed by atoms with E-state index in [9.17, 15) is 0 Å². The third-order valence-electron chi connectivity index (χ3n) is 1.91. The Morgan fingerprint density at radius 2 is 1.75 bits per heavy atom. The lowest BCUT2D eigenvalue weighted by atomic mass is 10.2. The van der Waals surface area contributed by atoms with Crippen molar-refractivity contribution < 1.29 is 4.74 Å². The van der Waals surface area contributed by atoms with Crippen LogP contribution in [-0.4, -0.2) is 10.2 Å². The highest BCUT2D eigenvalue weighted by molar-refractivity contribution is 6.29. The summed E-state index contributed by atoms with van der Waals surface area (Å²) in [6.45, 7) is 0. The Kier molecular flexibility index (Phi) is 3.59. The molecule has 1 aromatic carbocycles.